The Balaban J connectivity index is 1.94. The molecule has 1 aliphatic rings. The molecule has 0 N–H and O–H groups in total. The fourth-order valence-corrected chi connectivity index (χ4v) is 3.34. The van der Waals surface area contributed by atoms with E-state index in [0.717, 1.165) is 10.5 Å². The summed E-state index contributed by atoms with van der Waals surface area (Å²) in [5.74, 6) is -0.478. The number of hydrogen-bond donors (Lipinski definition) is 0. The molecule has 168 valence electrons. The third-order valence-corrected chi connectivity index (χ3v) is 5.02. The van der Waals surface area contributed by atoms with Crippen LogP contribution in [-0.4, -0.2) is 29.9 Å². The fourth-order valence-electron chi connectivity index (χ4n) is 3.34. The molecule has 0 radical (unpaired) electrons. The Hall–Kier alpha value is -4.18. The number of benzene rings is 2. The lowest BCUT2D eigenvalue weighted by Crippen LogP contribution is -2.42. The highest BCUT2D eigenvalue weighted by Crippen LogP contribution is 2.32. The molecule has 2 aromatic rings. The minimum atomic E-state index is -0.628. The molecule has 0 aliphatic carbocycles. The SMILES string of the molecule is C=CCN1C(=O)C(C#N)=C(C)/C(=C\c2ccc(OCc3ccc(F)cc3)c(OCC)c2)C1=O. The van der Waals surface area contributed by atoms with Gasteiger partial charge in [-0.25, -0.2) is 4.39 Å². The number of halogens is 1. The van der Waals surface area contributed by atoms with Gasteiger partial charge in [0.25, 0.3) is 11.8 Å². The van der Waals surface area contributed by atoms with Gasteiger partial charge in [-0.2, -0.15) is 5.26 Å². The van der Waals surface area contributed by atoms with Gasteiger partial charge < -0.3 is 9.47 Å². The number of nitriles is 1. The number of carbonyl (C=O) groups is 2. The molecule has 2 aromatic carbocycles. The molecule has 0 fully saturated rings. The number of hydrogen-bond acceptors (Lipinski definition) is 5. The zero-order valence-electron chi connectivity index (χ0n) is 18.4. The van der Waals surface area contributed by atoms with E-state index in [1.165, 1.54) is 18.2 Å². The van der Waals surface area contributed by atoms with Crippen LogP contribution in [-0.2, 0) is 16.2 Å². The van der Waals surface area contributed by atoms with E-state index in [-0.39, 0.29) is 30.1 Å². The van der Waals surface area contributed by atoms with Crippen molar-refractivity contribution in [2.24, 2.45) is 0 Å². The Bertz CT molecular complexity index is 1190. The molecule has 0 aromatic heterocycles. The van der Waals surface area contributed by atoms with E-state index in [9.17, 15) is 19.2 Å². The van der Waals surface area contributed by atoms with Crippen LogP contribution in [0.15, 0.2) is 71.8 Å². The predicted octanol–water partition coefficient (Wildman–Crippen LogP) is 4.58. The zero-order valence-corrected chi connectivity index (χ0v) is 18.4. The molecule has 0 saturated carbocycles. The summed E-state index contributed by atoms with van der Waals surface area (Å²) in [6.07, 6.45) is 3.05. The highest BCUT2D eigenvalue weighted by atomic mass is 19.1. The highest BCUT2D eigenvalue weighted by molar-refractivity contribution is 6.19. The Kier molecular flexibility index (Phi) is 7.42. The number of amides is 2. The van der Waals surface area contributed by atoms with Crippen molar-refractivity contribution in [3.05, 3.63) is 88.8 Å². The molecule has 0 bridgehead atoms. The van der Waals surface area contributed by atoms with Crippen molar-refractivity contribution in [3.8, 4) is 17.6 Å². The van der Waals surface area contributed by atoms with E-state index in [2.05, 4.69) is 6.58 Å². The number of carbonyl (C=O) groups excluding carboxylic acids is 2. The summed E-state index contributed by atoms with van der Waals surface area (Å²) in [5, 5.41) is 9.43. The van der Waals surface area contributed by atoms with Crippen molar-refractivity contribution in [3.63, 3.8) is 0 Å². The number of ether oxygens (including phenoxy) is 2. The summed E-state index contributed by atoms with van der Waals surface area (Å²) in [4.78, 5) is 26.4. The normalized spacial score (nSPS) is 15.0. The molecule has 3 rings (SSSR count). The van der Waals surface area contributed by atoms with Crippen LogP contribution in [0.5, 0.6) is 11.5 Å². The second-order valence-corrected chi connectivity index (χ2v) is 7.23. The van der Waals surface area contributed by atoms with E-state index >= 15 is 0 Å². The lowest BCUT2D eigenvalue weighted by Gasteiger charge is -2.26. The molecule has 6 nitrogen and oxygen atoms in total. The third kappa shape index (κ3) is 5.18. The molecule has 1 heterocycles. The molecule has 0 unspecified atom stereocenters. The smallest absolute Gasteiger partial charge is 0.271 e. The Labute approximate surface area is 191 Å². The maximum absolute atomic E-state index is 13.1. The molecule has 1 aliphatic heterocycles. The lowest BCUT2D eigenvalue weighted by atomic mass is 9.93. The van der Waals surface area contributed by atoms with E-state index < -0.39 is 11.8 Å². The molecule has 0 atom stereocenters. The molecule has 33 heavy (non-hydrogen) atoms. The quantitative estimate of drug-likeness (QED) is 0.337. The van der Waals surface area contributed by atoms with Gasteiger partial charge in [0.1, 0.15) is 24.1 Å². The summed E-state index contributed by atoms with van der Waals surface area (Å²) in [7, 11) is 0. The van der Waals surface area contributed by atoms with E-state index in [0.29, 0.717) is 29.2 Å². The molecular formula is C26H23FN2O4. The van der Waals surface area contributed by atoms with Crippen molar-refractivity contribution in [1.82, 2.24) is 4.90 Å². The van der Waals surface area contributed by atoms with Crippen LogP contribution < -0.4 is 9.47 Å². The average Bonchev–Trinajstić information content (AvgIpc) is 2.80. The van der Waals surface area contributed by atoms with Gasteiger partial charge in [0, 0.05) is 12.1 Å². The maximum Gasteiger partial charge on any atom is 0.271 e. The van der Waals surface area contributed by atoms with Crippen molar-refractivity contribution in [2.45, 2.75) is 20.5 Å². The molecule has 7 heteroatoms. The standard InChI is InChI=1S/C26H23FN2O4/c1-4-12-29-25(30)21(17(3)22(15-28)26(29)31)13-19-8-11-23(24(14-19)32-5-2)33-16-18-6-9-20(27)10-7-18/h4,6-11,13-14H,1,5,12,16H2,2-3H3/b21-13+. The van der Waals surface area contributed by atoms with Crippen LogP contribution in [0.3, 0.4) is 0 Å². The van der Waals surface area contributed by atoms with Crippen LogP contribution in [0.25, 0.3) is 6.08 Å². The molecule has 0 spiro atoms. The number of nitrogens with zero attached hydrogens (tertiary/aromatic N) is 2. The van der Waals surface area contributed by atoms with Crippen LogP contribution in [0.1, 0.15) is 25.0 Å². The second kappa shape index (κ2) is 10.4. The van der Waals surface area contributed by atoms with Gasteiger partial charge in [0.05, 0.1) is 6.61 Å². The first kappa shape index (κ1) is 23.5. The number of rotatable bonds is 8. The lowest BCUT2D eigenvalue weighted by molar-refractivity contribution is -0.139. The van der Waals surface area contributed by atoms with Gasteiger partial charge in [-0.1, -0.05) is 24.3 Å². The third-order valence-electron chi connectivity index (χ3n) is 5.02. The second-order valence-electron chi connectivity index (χ2n) is 7.23. The van der Waals surface area contributed by atoms with Crippen LogP contribution in [0.2, 0.25) is 0 Å². The molecule has 0 saturated heterocycles. The molecule has 2 amide bonds. The Morgan fingerprint density at radius 3 is 2.45 bits per heavy atom. The number of imide groups is 1. The van der Waals surface area contributed by atoms with Gasteiger partial charge in [-0.15, -0.1) is 6.58 Å². The van der Waals surface area contributed by atoms with Crippen LogP contribution >= 0.6 is 0 Å². The van der Waals surface area contributed by atoms with Gasteiger partial charge in [-0.05, 0) is 60.9 Å². The van der Waals surface area contributed by atoms with Gasteiger partial charge >= 0.3 is 0 Å². The van der Waals surface area contributed by atoms with E-state index in [1.54, 1.807) is 43.3 Å². The summed E-state index contributed by atoms with van der Waals surface area (Å²) < 4.78 is 24.7. The first-order valence-corrected chi connectivity index (χ1v) is 10.3. The molecular weight excluding hydrogens is 423 g/mol. The zero-order chi connectivity index (χ0) is 24.0. The summed E-state index contributed by atoms with van der Waals surface area (Å²) in [6.45, 7) is 7.62. The van der Waals surface area contributed by atoms with Crippen molar-refractivity contribution in [1.29, 1.82) is 5.26 Å². The van der Waals surface area contributed by atoms with Gasteiger partial charge in [0.15, 0.2) is 11.5 Å². The first-order chi connectivity index (χ1) is 15.9. The Morgan fingerprint density at radius 2 is 1.82 bits per heavy atom. The minimum Gasteiger partial charge on any atom is -0.490 e. The fraction of sp³-hybridized carbons (Fsp3) is 0.192. The summed E-state index contributed by atoms with van der Waals surface area (Å²) in [5.41, 5.74) is 1.93. The van der Waals surface area contributed by atoms with E-state index in [4.69, 9.17) is 9.47 Å². The first-order valence-electron chi connectivity index (χ1n) is 10.3. The van der Waals surface area contributed by atoms with Crippen LogP contribution in [0.4, 0.5) is 4.39 Å². The van der Waals surface area contributed by atoms with E-state index in [1.807, 2.05) is 13.0 Å². The largest absolute Gasteiger partial charge is 0.490 e. The topological polar surface area (TPSA) is 79.6 Å². The van der Waals surface area contributed by atoms with Crippen LogP contribution in [0, 0.1) is 17.1 Å². The Morgan fingerprint density at radius 1 is 1.09 bits per heavy atom. The van der Waals surface area contributed by atoms with Gasteiger partial charge in [0.2, 0.25) is 0 Å². The van der Waals surface area contributed by atoms with Gasteiger partial charge in [-0.3, -0.25) is 14.5 Å². The monoisotopic (exact) mass is 446 g/mol. The summed E-state index contributed by atoms with van der Waals surface area (Å²) in [6, 6.07) is 13.1. The predicted molar refractivity (Wildman–Crippen MR) is 122 cm³/mol. The highest BCUT2D eigenvalue weighted by Gasteiger charge is 2.34. The average molecular weight is 446 g/mol. The summed E-state index contributed by atoms with van der Waals surface area (Å²) >= 11 is 0. The van der Waals surface area contributed by atoms with Crippen molar-refractivity contribution in [2.75, 3.05) is 13.2 Å². The minimum absolute atomic E-state index is 0.00776. The van der Waals surface area contributed by atoms with Crippen molar-refractivity contribution >= 4 is 17.9 Å². The maximum atomic E-state index is 13.1. The van der Waals surface area contributed by atoms with Crippen molar-refractivity contribution < 1.29 is 23.5 Å².